The molecule has 2 heterocycles. The highest BCUT2D eigenvalue weighted by Crippen LogP contribution is 2.30. The van der Waals surface area contributed by atoms with E-state index in [1.807, 2.05) is 0 Å². The molecule has 0 bridgehead atoms. The van der Waals surface area contributed by atoms with Gasteiger partial charge in [0.15, 0.2) is 0 Å². The molecule has 17 heavy (non-hydrogen) atoms. The maximum Gasteiger partial charge on any atom is 0.127 e. The predicted octanol–water partition coefficient (Wildman–Crippen LogP) is 3.30. The Morgan fingerprint density at radius 3 is 2.82 bits per heavy atom. The van der Waals surface area contributed by atoms with Crippen molar-refractivity contribution in [1.29, 1.82) is 0 Å². The zero-order chi connectivity index (χ0) is 12.3. The molecule has 2 aromatic heterocycles. The van der Waals surface area contributed by atoms with Gasteiger partial charge in [0.1, 0.15) is 16.2 Å². The van der Waals surface area contributed by atoms with Crippen LogP contribution in [0.2, 0.25) is 0 Å². The molecule has 0 saturated heterocycles. The van der Waals surface area contributed by atoms with Gasteiger partial charge in [0, 0.05) is 16.7 Å². The molecule has 0 aromatic carbocycles. The first kappa shape index (κ1) is 12.8. The SMILES string of the molecule is CCC(N)(CC)CSc1ncnc2sccc12. The Balaban J connectivity index is 2.16. The number of fused-ring (bicyclic) bond motifs is 1. The minimum absolute atomic E-state index is 0.0854. The average Bonchev–Trinajstić information content (AvgIpc) is 2.84. The van der Waals surface area contributed by atoms with Crippen LogP contribution in [0.25, 0.3) is 10.2 Å². The number of nitrogens with zero attached hydrogens (tertiary/aromatic N) is 2. The molecule has 3 nitrogen and oxygen atoms in total. The Morgan fingerprint density at radius 2 is 2.12 bits per heavy atom. The first-order valence-corrected chi connectivity index (χ1v) is 7.65. The number of hydrogen-bond donors (Lipinski definition) is 1. The molecular weight excluding hydrogens is 250 g/mol. The second-order valence-corrected chi connectivity index (χ2v) is 6.04. The molecule has 0 atom stereocenters. The molecule has 5 heteroatoms. The van der Waals surface area contributed by atoms with Crippen LogP contribution in [0.3, 0.4) is 0 Å². The van der Waals surface area contributed by atoms with E-state index in [0.717, 1.165) is 33.8 Å². The number of thiophene rings is 1. The Bertz CT molecular complexity index is 491. The summed E-state index contributed by atoms with van der Waals surface area (Å²) < 4.78 is 0. The van der Waals surface area contributed by atoms with Crippen molar-refractivity contribution in [2.75, 3.05) is 5.75 Å². The van der Waals surface area contributed by atoms with Crippen LogP contribution in [-0.4, -0.2) is 21.3 Å². The molecule has 0 spiro atoms. The zero-order valence-corrected chi connectivity index (χ0v) is 11.8. The van der Waals surface area contributed by atoms with Crippen molar-refractivity contribution in [3.05, 3.63) is 17.8 Å². The maximum atomic E-state index is 6.30. The molecule has 0 aliphatic rings. The van der Waals surface area contributed by atoms with Crippen molar-refractivity contribution in [3.8, 4) is 0 Å². The molecule has 0 fully saturated rings. The van der Waals surface area contributed by atoms with Gasteiger partial charge in [-0.05, 0) is 24.3 Å². The van der Waals surface area contributed by atoms with E-state index >= 15 is 0 Å². The summed E-state index contributed by atoms with van der Waals surface area (Å²) in [6.45, 7) is 4.29. The van der Waals surface area contributed by atoms with E-state index < -0.39 is 0 Å². The molecule has 0 saturated carbocycles. The van der Waals surface area contributed by atoms with Crippen molar-refractivity contribution < 1.29 is 0 Å². The fraction of sp³-hybridized carbons (Fsp3) is 0.500. The van der Waals surface area contributed by atoms with Gasteiger partial charge in [0.05, 0.1) is 0 Å². The van der Waals surface area contributed by atoms with Gasteiger partial charge in [-0.3, -0.25) is 0 Å². The van der Waals surface area contributed by atoms with Crippen LogP contribution in [0, 0.1) is 0 Å². The standard InChI is InChI=1S/C12H17N3S2/c1-3-12(13,4-2)7-17-11-9-5-6-16-10(9)14-8-15-11/h5-6,8H,3-4,7,13H2,1-2H3. The second kappa shape index (κ2) is 5.33. The van der Waals surface area contributed by atoms with E-state index in [2.05, 4.69) is 35.3 Å². The minimum Gasteiger partial charge on any atom is -0.324 e. The molecule has 2 aromatic rings. The number of nitrogens with two attached hydrogens (primary N) is 1. The van der Waals surface area contributed by atoms with E-state index in [1.54, 1.807) is 29.4 Å². The first-order valence-electron chi connectivity index (χ1n) is 5.78. The molecule has 0 amide bonds. The van der Waals surface area contributed by atoms with Gasteiger partial charge in [-0.15, -0.1) is 23.1 Å². The Labute approximate surface area is 110 Å². The van der Waals surface area contributed by atoms with Gasteiger partial charge in [-0.1, -0.05) is 13.8 Å². The minimum atomic E-state index is -0.0854. The van der Waals surface area contributed by atoms with Crippen molar-refractivity contribution in [1.82, 2.24) is 9.97 Å². The zero-order valence-electron chi connectivity index (χ0n) is 10.1. The third-order valence-electron chi connectivity index (χ3n) is 3.13. The van der Waals surface area contributed by atoms with Gasteiger partial charge < -0.3 is 5.73 Å². The van der Waals surface area contributed by atoms with E-state index in [4.69, 9.17) is 5.73 Å². The van der Waals surface area contributed by atoms with Crippen LogP contribution < -0.4 is 5.73 Å². The lowest BCUT2D eigenvalue weighted by atomic mass is 9.97. The molecule has 0 aliphatic heterocycles. The molecule has 0 radical (unpaired) electrons. The van der Waals surface area contributed by atoms with E-state index in [1.165, 1.54) is 0 Å². The van der Waals surface area contributed by atoms with Crippen molar-refractivity contribution in [2.24, 2.45) is 5.73 Å². The Kier molecular flexibility index (Phi) is 4.01. The highest BCUT2D eigenvalue weighted by molar-refractivity contribution is 7.99. The van der Waals surface area contributed by atoms with E-state index in [0.29, 0.717) is 0 Å². The lowest BCUT2D eigenvalue weighted by molar-refractivity contribution is 0.446. The van der Waals surface area contributed by atoms with E-state index in [9.17, 15) is 0 Å². The summed E-state index contributed by atoms with van der Waals surface area (Å²) in [4.78, 5) is 9.66. The lowest BCUT2D eigenvalue weighted by Gasteiger charge is -2.25. The summed E-state index contributed by atoms with van der Waals surface area (Å²) in [5.74, 6) is 0.905. The van der Waals surface area contributed by atoms with Crippen molar-refractivity contribution in [3.63, 3.8) is 0 Å². The molecule has 0 aliphatic carbocycles. The lowest BCUT2D eigenvalue weighted by Crippen LogP contribution is -2.40. The second-order valence-electron chi connectivity index (χ2n) is 4.18. The average molecular weight is 267 g/mol. The molecule has 92 valence electrons. The number of rotatable bonds is 5. The van der Waals surface area contributed by atoms with Gasteiger partial charge in [0.25, 0.3) is 0 Å². The highest BCUT2D eigenvalue weighted by atomic mass is 32.2. The molecule has 0 unspecified atom stereocenters. The van der Waals surface area contributed by atoms with Crippen LogP contribution >= 0.6 is 23.1 Å². The van der Waals surface area contributed by atoms with Crippen molar-refractivity contribution in [2.45, 2.75) is 37.3 Å². The van der Waals surface area contributed by atoms with Gasteiger partial charge in [-0.2, -0.15) is 0 Å². The van der Waals surface area contributed by atoms with Crippen molar-refractivity contribution >= 4 is 33.3 Å². The highest BCUT2D eigenvalue weighted by Gasteiger charge is 2.21. The monoisotopic (exact) mass is 267 g/mol. The topological polar surface area (TPSA) is 51.8 Å². The largest absolute Gasteiger partial charge is 0.324 e. The normalized spacial score (nSPS) is 12.2. The first-order chi connectivity index (χ1) is 8.18. The summed E-state index contributed by atoms with van der Waals surface area (Å²) in [6.07, 6.45) is 3.62. The summed E-state index contributed by atoms with van der Waals surface area (Å²) >= 11 is 3.39. The van der Waals surface area contributed by atoms with Crippen LogP contribution in [0.5, 0.6) is 0 Å². The third kappa shape index (κ3) is 2.78. The maximum absolute atomic E-state index is 6.30. The third-order valence-corrected chi connectivity index (χ3v) is 5.27. The number of aromatic nitrogens is 2. The summed E-state index contributed by atoms with van der Waals surface area (Å²) in [7, 11) is 0. The Morgan fingerprint density at radius 1 is 1.35 bits per heavy atom. The fourth-order valence-electron chi connectivity index (χ4n) is 1.55. The quantitative estimate of drug-likeness (QED) is 0.667. The smallest absolute Gasteiger partial charge is 0.127 e. The van der Waals surface area contributed by atoms with Crippen LogP contribution in [0.4, 0.5) is 0 Å². The van der Waals surface area contributed by atoms with Gasteiger partial charge in [-0.25, -0.2) is 9.97 Å². The van der Waals surface area contributed by atoms with Gasteiger partial charge >= 0.3 is 0 Å². The molecule has 2 rings (SSSR count). The Hall–Kier alpha value is -0.650. The summed E-state index contributed by atoms with van der Waals surface area (Å²) in [6, 6.07) is 2.08. The van der Waals surface area contributed by atoms with E-state index in [-0.39, 0.29) is 5.54 Å². The number of hydrogen-bond acceptors (Lipinski definition) is 5. The van der Waals surface area contributed by atoms with Gasteiger partial charge in [0.2, 0.25) is 0 Å². The number of thioether (sulfide) groups is 1. The fourth-order valence-corrected chi connectivity index (χ4v) is 3.62. The van der Waals surface area contributed by atoms with Crippen LogP contribution in [-0.2, 0) is 0 Å². The molecular formula is C12H17N3S2. The van der Waals surface area contributed by atoms with Crippen LogP contribution in [0.15, 0.2) is 22.8 Å². The summed E-state index contributed by atoms with van der Waals surface area (Å²) in [5, 5.41) is 4.25. The molecule has 2 N–H and O–H groups in total. The summed E-state index contributed by atoms with van der Waals surface area (Å²) in [5.41, 5.74) is 6.22. The predicted molar refractivity (Wildman–Crippen MR) is 75.6 cm³/mol. The van der Waals surface area contributed by atoms with Crippen LogP contribution in [0.1, 0.15) is 26.7 Å².